The van der Waals surface area contributed by atoms with Crippen molar-refractivity contribution in [1.29, 1.82) is 0 Å². The van der Waals surface area contributed by atoms with Crippen LogP contribution in [0.15, 0.2) is 54.6 Å². The van der Waals surface area contributed by atoms with Crippen molar-refractivity contribution in [2.45, 2.75) is 20.4 Å². The summed E-state index contributed by atoms with van der Waals surface area (Å²) in [4.78, 5) is 26.2. The number of aryl methyl sites for hydroxylation is 1. The van der Waals surface area contributed by atoms with E-state index in [2.05, 4.69) is 15.7 Å². The van der Waals surface area contributed by atoms with Gasteiger partial charge in [-0.15, -0.1) is 0 Å². The fourth-order valence-corrected chi connectivity index (χ4v) is 3.38. The van der Waals surface area contributed by atoms with Crippen LogP contribution in [0.5, 0.6) is 0 Å². The number of rotatable bonds is 7. The van der Waals surface area contributed by atoms with Gasteiger partial charge in [-0.1, -0.05) is 24.3 Å². The van der Waals surface area contributed by atoms with E-state index in [4.69, 9.17) is 0 Å². The van der Waals surface area contributed by atoms with Gasteiger partial charge in [0.05, 0.1) is 17.9 Å². The first-order chi connectivity index (χ1) is 14.4. The molecule has 0 atom stereocenters. The Balaban J connectivity index is 1.65. The number of benzene rings is 2. The van der Waals surface area contributed by atoms with Crippen LogP contribution in [0.4, 0.5) is 5.69 Å². The van der Waals surface area contributed by atoms with Crippen LogP contribution in [0, 0.1) is 13.8 Å². The van der Waals surface area contributed by atoms with Crippen molar-refractivity contribution in [2.24, 2.45) is 0 Å². The van der Waals surface area contributed by atoms with Crippen molar-refractivity contribution in [2.75, 3.05) is 26.0 Å². The number of nitrogens with one attached hydrogen (secondary N) is 2. The molecule has 30 heavy (non-hydrogen) atoms. The minimum absolute atomic E-state index is 0.141. The van der Waals surface area contributed by atoms with Crippen LogP contribution in [0.3, 0.4) is 0 Å². The van der Waals surface area contributed by atoms with E-state index in [9.17, 15) is 9.59 Å². The molecule has 0 saturated carbocycles. The summed E-state index contributed by atoms with van der Waals surface area (Å²) in [5, 5.41) is 10.1. The molecule has 0 radical (unpaired) electrons. The van der Waals surface area contributed by atoms with Crippen LogP contribution >= 0.6 is 0 Å². The Labute approximate surface area is 176 Å². The monoisotopic (exact) mass is 405 g/mol. The van der Waals surface area contributed by atoms with Gasteiger partial charge in [-0.2, -0.15) is 5.10 Å². The third kappa shape index (κ3) is 4.93. The number of para-hydroxylation sites is 1. The summed E-state index contributed by atoms with van der Waals surface area (Å²) in [6.07, 6.45) is 0. The highest BCUT2D eigenvalue weighted by Gasteiger charge is 2.16. The first-order valence-corrected chi connectivity index (χ1v) is 9.80. The van der Waals surface area contributed by atoms with Crippen LogP contribution in [-0.4, -0.2) is 47.1 Å². The third-order valence-corrected chi connectivity index (χ3v) is 4.92. The molecule has 0 saturated heterocycles. The molecule has 0 spiro atoms. The van der Waals surface area contributed by atoms with E-state index in [0.717, 1.165) is 22.6 Å². The lowest BCUT2D eigenvalue weighted by molar-refractivity contribution is -0.117. The number of carbonyl (C=O) groups is 2. The molecule has 1 aromatic heterocycles. The molecule has 156 valence electrons. The Morgan fingerprint density at radius 1 is 1.07 bits per heavy atom. The summed E-state index contributed by atoms with van der Waals surface area (Å²) in [6, 6.07) is 16.9. The maximum atomic E-state index is 12.5. The van der Waals surface area contributed by atoms with Gasteiger partial charge in [-0.25, -0.2) is 4.68 Å². The zero-order chi connectivity index (χ0) is 21.7. The van der Waals surface area contributed by atoms with E-state index < -0.39 is 0 Å². The van der Waals surface area contributed by atoms with Gasteiger partial charge in [-0.3, -0.25) is 14.5 Å². The molecule has 2 aromatic carbocycles. The first-order valence-electron chi connectivity index (χ1n) is 9.80. The van der Waals surface area contributed by atoms with Crippen molar-refractivity contribution in [3.05, 3.63) is 77.1 Å². The molecule has 0 aliphatic rings. The van der Waals surface area contributed by atoms with Crippen molar-refractivity contribution < 1.29 is 9.59 Å². The van der Waals surface area contributed by atoms with Gasteiger partial charge in [0.15, 0.2) is 0 Å². The number of hydrogen-bond acceptors (Lipinski definition) is 4. The molecule has 0 fully saturated rings. The lowest BCUT2D eigenvalue weighted by Gasteiger charge is -2.17. The van der Waals surface area contributed by atoms with Crippen molar-refractivity contribution in [3.63, 3.8) is 0 Å². The summed E-state index contributed by atoms with van der Waals surface area (Å²) in [5.74, 6) is -0.332. The second kappa shape index (κ2) is 9.37. The molecule has 0 aliphatic carbocycles. The topological polar surface area (TPSA) is 79.3 Å². The van der Waals surface area contributed by atoms with Gasteiger partial charge >= 0.3 is 0 Å². The number of amides is 2. The SMILES string of the molecule is CNC(=O)c1cccc(NC(=O)CN(C)Cc2c(C)nn(-c3ccccc3)c2C)c1. The number of aromatic nitrogens is 2. The van der Waals surface area contributed by atoms with Crippen LogP contribution in [-0.2, 0) is 11.3 Å². The molecule has 3 rings (SSSR count). The number of anilines is 1. The van der Waals surface area contributed by atoms with E-state index in [1.165, 1.54) is 0 Å². The van der Waals surface area contributed by atoms with Crippen molar-refractivity contribution in [1.82, 2.24) is 20.0 Å². The molecule has 3 aromatic rings. The van der Waals surface area contributed by atoms with Gasteiger partial charge in [0.25, 0.3) is 5.91 Å². The Morgan fingerprint density at radius 3 is 2.50 bits per heavy atom. The molecule has 0 unspecified atom stereocenters. The molecule has 2 N–H and O–H groups in total. The first kappa shape index (κ1) is 21.3. The van der Waals surface area contributed by atoms with Crippen molar-refractivity contribution in [3.8, 4) is 5.69 Å². The van der Waals surface area contributed by atoms with Gasteiger partial charge in [0, 0.05) is 36.1 Å². The summed E-state index contributed by atoms with van der Waals surface area (Å²) in [5.41, 5.74) is 5.23. The van der Waals surface area contributed by atoms with Gasteiger partial charge in [0.1, 0.15) is 0 Å². The second-order valence-electron chi connectivity index (χ2n) is 7.28. The zero-order valence-corrected chi connectivity index (χ0v) is 17.8. The second-order valence-corrected chi connectivity index (χ2v) is 7.28. The minimum atomic E-state index is -0.190. The molecule has 0 aliphatic heterocycles. The Bertz CT molecular complexity index is 1040. The fourth-order valence-electron chi connectivity index (χ4n) is 3.38. The summed E-state index contributed by atoms with van der Waals surface area (Å²) >= 11 is 0. The Morgan fingerprint density at radius 2 is 1.80 bits per heavy atom. The van der Waals surface area contributed by atoms with E-state index in [1.807, 2.05) is 60.8 Å². The lowest BCUT2D eigenvalue weighted by atomic mass is 10.2. The number of nitrogens with zero attached hydrogens (tertiary/aromatic N) is 3. The normalized spacial score (nSPS) is 10.8. The zero-order valence-electron chi connectivity index (χ0n) is 17.8. The van der Waals surface area contributed by atoms with Crippen LogP contribution in [0.1, 0.15) is 27.3 Å². The predicted molar refractivity (Wildman–Crippen MR) is 118 cm³/mol. The Hall–Kier alpha value is -3.45. The van der Waals surface area contributed by atoms with E-state index in [-0.39, 0.29) is 18.4 Å². The molecular formula is C23H27N5O2. The number of hydrogen-bond donors (Lipinski definition) is 2. The van der Waals surface area contributed by atoms with Gasteiger partial charge < -0.3 is 10.6 Å². The Kier molecular flexibility index (Phi) is 6.64. The average Bonchev–Trinajstić information content (AvgIpc) is 3.02. The van der Waals surface area contributed by atoms with E-state index in [0.29, 0.717) is 17.8 Å². The molecule has 2 amide bonds. The van der Waals surface area contributed by atoms with E-state index in [1.54, 1.807) is 31.3 Å². The van der Waals surface area contributed by atoms with Crippen molar-refractivity contribution >= 4 is 17.5 Å². The van der Waals surface area contributed by atoms with Crippen LogP contribution < -0.4 is 10.6 Å². The van der Waals surface area contributed by atoms with Gasteiger partial charge in [0.2, 0.25) is 5.91 Å². The molecular weight excluding hydrogens is 378 g/mol. The standard InChI is InChI=1S/C23H27N5O2/c1-16-21(17(2)28(26-16)20-11-6-5-7-12-20)14-27(4)15-22(29)25-19-10-8-9-18(13-19)23(30)24-3/h5-13H,14-15H2,1-4H3,(H,24,30)(H,25,29). The maximum Gasteiger partial charge on any atom is 0.251 e. The summed E-state index contributed by atoms with van der Waals surface area (Å²) < 4.78 is 1.93. The summed E-state index contributed by atoms with van der Waals surface area (Å²) in [7, 11) is 3.48. The van der Waals surface area contributed by atoms with Crippen LogP contribution in [0.2, 0.25) is 0 Å². The largest absolute Gasteiger partial charge is 0.355 e. The summed E-state index contributed by atoms with van der Waals surface area (Å²) in [6.45, 7) is 4.86. The highest BCUT2D eigenvalue weighted by molar-refractivity contribution is 5.97. The molecule has 0 bridgehead atoms. The number of likely N-dealkylation sites (N-methyl/N-ethyl adjacent to an activating group) is 1. The maximum absolute atomic E-state index is 12.5. The predicted octanol–water partition coefficient (Wildman–Crippen LogP) is 2.92. The van der Waals surface area contributed by atoms with E-state index >= 15 is 0 Å². The minimum Gasteiger partial charge on any atom is -0.355 e. The fraction of sp³-hybridized carbons (Fsp3) is 0.261. The molecule has 1 heterocycles. The third-order valence-electron chi connectivity index (χ3n) is 4.92. The molecule has 7 heteroatoms. The highest BCUT2D eigenvalue weighted by Crippen LogP contribution is 2.19. The average molecular weight is 406 g/mol. The van der Waals surface area contributed by atoms with Crippen LogP contribution in [0.25, 0.3) is 5.69 Å². The quantitative estimate of drug-likeness (QED) is 0.634. The van der Waals surface area contributed by atoms with Gasteiger partial charge in [-0.05, 0) is 51.2 Å². The highest BCUT2D eigenvalue weighted by atomic mass is 16.2. The molecule has 7 nitrogen and oxygen atoms in total. The lowest BCUT2D eigenvalue weighted by Crippen LogP contribution is -2.30. The number of carbonyl (C=O) groups excluding carboxylic acids is 2. The smallest absolute Gasteiger partial charge is 0.251 e.